The maximum absolute atomic E-state index is 8.79. The number of likely N-dealkylation sites (N-methyl/N-ethyl adjacent to an activating group) is 1. The molecule has 0 aliphatic rings. The lowest BCUT2D eigenvalue weighted by atomic mass is 10.2. The highest BCUT2D eigenvalue weighted by molar-refractivity contribution is 6.29. The molecule has 0 unspecified atom stereocenters. The lowest BCUT2D eigenvalue weighted by Crippen LogP contribution is -2.40. The summed E-state index contributed by atoms with van der Waals surface area (Å²) in [6.45, 7) is 7.20. The minimum absolute atomic E-state index is 0.0178. The Kier molecular flexibility index (Phi) is 6.00. The van der Waals surface area contributed by atoms with Crippen LogP contribution < -0.4 is 4.74 Å². The van der Waals surface area contributed by atoms with Crippen molar-refractivity contribution in [3.05, 3.63) is 17.0 Å². The van der Waals surface area contributed by atoms with E-state index in [1.54, 1.807) is 0 Å². The van der Waals surface area contributed by atoms with Crippen LogP contribution in [0.25, 0.3) is 0 Å². The van der Waals surface area contributed by atoms with E-state index in [0.29, 0.717) is 5.88 Å². The van der Waals surface area contributed by atoms with Gasteiger partial charge in [-0.05, 0) is 33.9 Å². The fourth-order valence-electron chi connectivity index (χ4n) is 1.71. The fourth-order valence-corrected chi connectivity index (χ4v) is 1.88. The first kappa shape index (κ1) is 15.7. The Morgan fingerprint density at radius 1 is 1.47 bits per heavy atom. The van der Waals surface area contributed by atoms with Gasteiger partial charge in [-0.25, -0.2) is 4.98 Å². The largest absolute Gasteiger partial charge is 0.473 e. The van der Waals surface area contributed by atoms with E-state index in [9.17, 15) is 0 Å². The third kappa shape index (κ3) is 4.66. The number of halogens is 1. The van der Waals surface area contributed by atoms with Gasteiger partial charge in [0.05, 0.1) is 0 Å². The van der Waals surface area contributed by atoms with Gasteiger partial charge in [-0.15, -0.1) is 0 Å². The highest BCUT2D eigenvalue weighted by Crippen LogP contribution is 2.17. The highest BCUT2D eigenvalue weighted by Gasteiger charge is 2.19. The molecule has 6 heteroatoms. The predicted molar refractivity (Wildman–Crippen MR) is 74.2 cm³/mol. The van der Waals surface area contributed by atoms with Crippen LogP contribution in [0.3, 0.4) is 0 Å². The summed E-state index contributed by atoms with van der Waals surface area (Å²) in [5.41, 5.74) is 0. The molecule has 0 aliphatic heterocycles. The molecule has 0 saturated carbocycles. The molecule has 1 heterocycles. The summed E-state index contributed by atoms with van der Waals surface area (Å²) in [5.74, 6) is 0.352. The van der Waals surface area contributed by atoms with Gasteiger partial charge >= 0.3 is 0 Å². The number of hydrogen-bond donors (Lipinski definition) is 0. The minimum Gasteiger partial charge on any atom is -0.473 e. The van der Waals surface area contributed by atoms with E-state index in [-0.39, 0.29) is 23.1 Å². The van der Waals surface area contributed by atoms with Crippen LogP contribution in [0, 0.1) is 11.3 Å². The van der Waals surface area contributed by atoms with Gasteiger partial charge in [-0.2, -0.15) is 10.2 Å². The smallest absolute Gasteiger partial charge is 0.236 e. The molecule has 0 fully saturated rings. The maximum Gasteiger partial charge on any atom is 0.236 e. The summed E-state index contributed by atoms with van der Waals surface area (Å²) in [6, 6.07) is 3.61. The number of nitriles is 1. The van der Waals surface area contributed by atoms with Crippen molar-refractivity contribution in [1.29, 1.82) is 5.26 Å². The zero-order valence-electron chi connectivity index (χ0n) is 11.7. The number of rotatable bonds is 6. The molecule has 2 atom stereocenters. The zero-order chi connectivity index (χ0) is 14.4. The second-order valence-corrected chi connectivity index (χ2v) is 4.90. The number of nitrogens with zero attached hydrogens (tertiary/aromatic N) is 4. The van der Waals surface area contributed by atoms with Crippen LogP contribution in [0.4, 0.5) is 0 Å². The molecule has 1 aromatic heterocycles. The molecule has 5 nitrogen and oxygen atoms in total. The van der Waals surface area contributed by atoms with Crippen molar-refractivity contribution in [2.24, 2.45) is 0 Å². The molecule has 0 N–H and O–H groups in total. The van der Waals surface area contributed by atoms with Crippen molar-refractivity contribution in [3.63, 3.8) is 0 Å². The minimum atomic E-state index is -0.0611. The van der Waals surface area contributed by atoms with E-state index in [1.807, 2.05) is 13.0 Å². The molecule has 0 amide bonds. The normalized spacial score (nSPS) is 13.9. The van der Waals surface area contributed by atoms with Crippen LogP contribution >= 0.6 is 11.6 Å². The third-order valence-electron chi connectivity index (χ3n) is 3.03. The maximum atomic E-state index is 8.79. The van der Waals surface area contributed by atoms with Gasteiger partial charge in [-0.1, -0.05) is 18.5 Å². The van der Waals surface area contributed by atoms with E-state index < -0.39 is 0 Å². The lowest BCUT2D eigenvalue weighted by Gasteiger charge is -2.29. The number of aromatic nitrogens is 2. The number of hydrogen-bond acceptors (Lipinski definition) is 5. The lowest BCUT2D eigenvalue weighted by molar-refractivity contribution is 0.101. The highest BCUT2D eigenvalue weighted by atomic mass is 35.5. The van der Waals surface area contributed by atoms with Gasteiger partial charge in [0.1, 0.15) is 17.3 Å². The van der Waals surface area contributed by atoms with Gasteiger partial charge in [0, 0.05) is 12.1 Å². The molecule has 0 radical (unpaired) electrons. The standard InChI is InChI=1S/C13H19ClN4O/c1-5-6-18(4)9(2)10(3)19-13-7-11(14)16-12(8-15)17-13/h7,9-10H,5-6H2,1-4H3/t9-,10-/m0/s1. The second-order valence-electron chi connectivity index (χ2n) is 4.51. The average Bonchev–Trinajstić information content (AvgIpc) is 2.37. The summed E-state index contributed by atoms with van der Waals surface area (Å²) in [6.07, 6.45) is 1.03. The van der Waals surface area contributed by atoms with Crippen LogP contribution in [0.1, 0.15) is 33.0 Å². The summed E-state index contributed by atoms with van der Waals surface area (Å²) >= 11 is 5.81. The van der Waals surface area contributed by atoms with Crippen molar-refractivity contribution >= 4 is 11.6 Å². The SMILES string of the molecule is CCCN(C)[C@@H](C)[C@H](C)Oc1cc(Cl)nc(C#N)n1. The van der Waals surface area contributed by atoms with Crippen molar-refractivity contribution in [2.75, 3.05) is 13.6 Å². The van der Waals surface area contributed by atoms with E-state index in [0.717, 1.165) is 13.0 Å². The molecule has 0 aliphatic carbocycles. The van der Waals surface area contributed by atoms with Gasteiger partial charge in [0.25, 0.3) is 0 Å². The topological polar surface area (TPSA) is 62.0 Å². The van der Waals surface area contributed by atoms with E-state index >= 15 is 0 Å². The molecule has 19 heavy (non-hydrogen) atoms. The first-order valence-corrected chi connectivity index (χ1v) is 6.67. The van der Waals surface area contributed by atoms with Crippen molar-refractivity contribution < 1.29 is 4.74 Å². The third-order valence-corrected chi connectivity index (χ3v) is 3.22. The summed E-state index contributed by atoms with van der Waals surface area (Å²) < 4.78 is 5.74. The first-order chi connectivity index (χ1) is 8.97. The Morgan fingerprint density at radius 3 is 2.74 bits per heavy atom. The quantitative estimate of drug-likeness (QED) is 0.750. The summed E-state index contributed by atoms with van der Waals surface area (Å²) in [7, 11) is 2.06. The molecule has 1 aromatic rings. The van der Waals surface area contributed by atoms with Crippen molar-refractivity contribution in [3.8, 4) is 11.9 Å². The van der Waals surface area contributed by atoms with E-state index in [4.69, 9.17) is 21.6 Å². The first-order valence-electron chi connectivity index (χ1n) is 6.29. The zero-order valence-corrected chi connectivity index (χ0v) is 12.5. The van der Waals surface area contributed by atoms with Gasteiger partial charge in [-0.3, -0.25) is 0 Å². The Labute approximate surface area is 119 Å². The van der Waals surface area contributed by atoms with Crippen molar-refractivity contribution in [2.45, 2.75) is 39.3 Å². The molecule has 0 bridgehead atoms. The van der Waals surface area contributed by atoms with Crippen LogP contribution in [0.2, 0.25) is 5.15 Å². The molecule has 0 saturated heterocycles. The van der Waals surface area contributed by atoms with Gasteiger partial charge < -0.3 is 9.64 Å². The molecular formula is C13H19ClN4O. The monoisotopic (exact) mass is 282 g/mol. The van der Waals surface area contributed by atoms with Gasteiger partial charge in [0.2, 0.25) is 11.7 Å². The average molecular weight is 283 g/mol. The number of ether oxygens (including phenoxy) is 1. The Hall–Kier alpha value is -1.38. The Bertz CT molecular complexity index is 460. The van der Waals surface area contributed by atoms with E-state index in [1.165, 1.54) is 6.07 Å². The fraction of sp³-hybridized carbons (Fsp3) is 0.615. The molecule has 104 valence electrons. The second kappa shape index (κ2) is 7.27. The summed E-state index contributed by atoms with van der Waals surface area (Å²) in [4.78, 5) is 9.98. The van der Waals surface area contributed by atoms with Crippen LogP contribution in [-0.4, -0.2) is 40.6 Å². The summed E-state index contributed by atoms with van der Waals surface area (Å²) in [5, 5.41) is 9.00. The van der Waals surface area contributed by atoms with Crippen LogP contribution in [-0.2, 0) is 0 Å². The van der Waals surface area contributed by atoms with E-state index in [2.05, 4.69) is 35.8 Å². The Morgan fingerprint density at radius 2 is 2.16 bits per heavy atom. The van der Waals surface area contributed by atoms with Gasteiger partial charge in [0.15, 0.2) is 0 Å². The van der Waals surface area contributed by atoms with Crippen LogP contribution in [0.15, 0.2) is 6.07 Å². The molecular weight excluding hydrogens is 264 g/mol. The molecule has 1 rings (SSSR count). The molecule has 0 spiro atoms. The predicted octanol–water partition coefficient (Wildman–Crippen LogP) is 2.50. The molecule has 0 aromatic carbocycles. The van der Waals surface area contributed by atoms with Crippen molar-refractivity contribution in [1.82, 2.24) is 14.9 Å². The Balaban J connectivity index is 2.74. The van der Waals surface area contributed by atoms with Crippen LogP contribution in [0.5, 0.6) is 5.88 Å².